The molecule has 0 bridgehead atoms. The number of sulfonamides is 1. The highest BCUT2D eigenvalue weighted by molar-refractivity contribution is 7.89. The number of ether oxygens (including phenoxy) is 2. The first-order valence-electron chi connectivity index (χ1n) is 9.88. The molecule has 4 rings (SSSR count). The SMILES string of the molecule is O=C(Nc1cc(Cl)ccc1OCC1CCCO1)c1cccc(S(=O)(=O)NC2CC2)c1. The number of anilines is 1. The summed E-state index contributed by atoms with van der Waals surface area (Å²) in [7, 11) is -3.65. The highest BCUT2D eigenvalue weighted by atomic mass is 35.5. The third-order valence-corrected chi connectivity index (χ3v) is 6.70. The van der Waals surface area contributed by atoms with Crippen LogP contribution in [0.2, 0.25) is 5.02 Å². The third kappa shape index (κ3) is 5.31. The Balaban J connectivity index is 1.49. The summed E-state index contributed by atoms with van der Waals surface area (Å²) in [5.41, 5.74) is 0.633. The van der Waals surface area contributed by atoms with Crippen molar-refractivity contribution in [2.75, 3.05) is 18.5 Å². The Labute approximate surface area is 180 Å². The van der Waals surface area contributed by atoms with Gasteiger partial charge in [0.05, 0.1) is 16.7 Å². The summed E-state index contributed by atoms with van der Waals surface area (Å²) >= 11 is 6.09. The summed E-state index contributed by atoms with van der Waals surface area (Å²) < 4.78 is 38.9. The minimum Gasteiger partial charge on any atom is -0.489 e. The number of hydrogen-bond donors (Lipinski definition) is 2. The summed E-state index contributed by atoms with van der Waals surface area (Å²) in [5, 5.41) is 3.21. The van der Waals surface area contributed by atoms with Gasteiger partial charge in [0, 0.05) is 23.2 Å². The molecule has 2 fully saturated rings. The molecular weight excluding hydrogens is 428 g/mol. The van der Waals surface area contributed by atoms with E-state index in [0.717, 1.165) is 32.3 Å². The fourth-order valence-electron chi connectivity index (χ4n) is 3.17. The van der Waals surface area contributed by atoms with E-state index in [4.69, 9.17) is 21.1 Å². The third-order valence-electron chi connectivity index (χ3n) is 4.94. The van der Waals surface area contributed by atoms with Crippen molar-refractivity contribution in [3.63, 3.8) is 0 Å². The van der Waals surface area contributed by atoms with Crippen LogP contribution in [0.4, 0.5) is 5.69 Å². The van der Waals surface area contributed by atoms with Gasteiger partial charge in [0.1, 0.15) is 12.4 Å². The van der Waals surface area contributed by atoms with Gasteiger partial charge in [-0.1, -0.05) is 17.7 Å². The Bertz CT molecular complexity index is 1030. The van der Waals surface area contributed by atoms with Crippen molar-refractivity contribution in [1.29, 1.82) is 0 Å². The highest BCUT2D eigenvalue weighted by Crippen LogP contribution is 2.30. The molecule has 7 nitrogen and oxygen atoms in total. The number of carbonyl (C=O) groups is 1. The van der Waals surface area contributed by atoms with Gasteiger partial charge in [-0.05, 0) is 62.1 Å². The molecule has 2 N–H and O–H groups in total. The Morgan fingerprint density at radius 3 is 2.73 bits per heavy atom. The van der Waals surface area contributed by atoms with E-state index in [-0.39, 0.29) is 22.6 Å². The van der Waals surface area contributed by atoms with Crippen LogP contribution in [0.3, 0.4) is 0 Å². The first-order valence-corrected chi connectivity index (χ1v) is 11.7. The molecule has 160 valence electrons. The van der Waals surface area contributed by atoms with E-state index in [1.165, 1.54) is 12.1 Å². The Morgan fingerprint density at radius 1 is 1.17 bits per heavy atom. The highest BCUT2D eigenvalue weighted by Gasteiger charge is 2.28. The van der Waals surface area contributed by atoms with Crippen molar-refractivity contribution in [2.45, 2.75) is 42.7 Å². The normalized spacial score (nSPS) is 18.9. The van der Waals surface area contributed by atoms with Gasteiger partial charge in [-0.2, -0.15) is 0 Å². The molecule has 2 aromatic carbocycles. The number of rotatable bonds is 8. The van der Waals surface area contributed by atoms with E-state index >= 15 is 0 Å². The molecule has 30 heavy (non-hydrogen) atoms. The lowest BCUT2D eigenvalue weighted by Crippen LogP contribution is -2.26. The van der Waals surface area contributed by atoms with Gasteiger partial charge >= 0.3 is 0 Å². The lowest BCUT2D eigenvalue weighted by Gasteiger charge is -2.16. The van der Waals surface area contributed by atoms with Crippen LogP contribution in [-0.2, 0) is 14.8 Å². The van der Waals surface area contributed by atoms with E-state index < -0.39 is 15.9 Å². The van der Waals surface area contributed by atoms with Crippen molar-refractivity contribution in [1.82, 2.24) is 4.72 Å². The van der Waals surface area contributed by atoms with Crippen LogP contribution < -0.4 is 14.8 Å². The Kier molecular flexibility index (Phi) is 6.29. The van der Waals surface area contributed by atoms with Crippen LogP contribution in [0.1, 0.15) is 36.0 Å². The molecule has 1 saturated carbocycles. The molecule has 1 saturated heterocycles. The molecule has 1 atom stereocenters. The van der Waals surface area contributed by atoms with Gasteiger partial charge in [-0.15, -0.1) is 0 Å². The second-order valence-electron chi connectivity index (χ2n) is 7.46. The molecule has 1 unspecified atom stereocenters. The summed E-state index contributed by atoms with van der Waals surface area (Å²) in [6.07, 6.45) is 3.65. The molecule has 0 spiro atoms. The fraction of sp³-hybridized carbons (Fsp3) is 0.381. The largest absolute Gasteiger partial charge is 0.489 e. The second kappa shape index (κ2) is 8.93. The zero-order valence-electron chi connectivity index (χ0n) is 16.3. The van der Waals surface area contributed by atoms with Crippen LogP contribution in [-0.4, -0.2) is 39.7 Å². The standard InChI is InChI=1S/C21H23ClN2O5S/c22-15-6-9-20(29-13-17-4-2-10-28-17)19(12-15)23-21(25)14-3-1-5-18(11-14)30(26,27)24-16-7-8-16/h1,3,5-6,9,11-12,16-17,24H,2,4,7-8,10,13H2,(H,23,25). The minimum atomic E-state index is -3.65. The number of hydrogen-bond acceptors (Lipinski definition) is 5. The van der Waals surface area contributed by atoms with Crippen LogP contribution in [0.15, 0.2) is 47.4 Å². The van der Waals surface area contributed by atoms with Gasteiger partial charge < -0.3 is 14.8 Å². The summed E-state index contributed by atoms with van der Waals surface area (Å²) in [6.45, 7) is 1.11. The Morgan fingerprint density at radius 2 is 2.00 bits per heavy atom. The molecule has 1 aliphatic carbocycles. The summed E-state index contributed by atoms with van der Waals surface area (Å²) in [6, 6.07) is 10.9. The molecule has 2 aliphatic rings. The molecule has 2 aromatic rings. The molecule has 0 aromatic heterocycles. The van der Waals surface area contributed by atoms with Crippen LogP contribution in [0, 0.1) is 0 Å². The van der Waals surface area contributed by atoms with Crippen LogP contribution in [0.25, 0.3) is 0 Å². The first-order chi connectivity index (χ1) is 14.4. The predicted octanol–water partition coefficient (Wildman–Crippen LogP) is 3.59. The van der Waals surface area contributed by atoms with Gasteiger partial charge in [0.25, 0.3) is 5.91 Å². The molecule has 1 amide bonds. The van der Waals surface area contributed by atoms with Gasteiger partial charge in [0.15, 0.2) is 0 Å². The zero-order chi connectivity index (χ0) is 21.1. The maximum Gasteiger partial charge on any atom is 0.255 e. The number of nitrogens with one attached hydrogen (secondary N) is 2. The lowest BCUT2D eigenvalue weighted by atomic mass is 10.2. The van der Waals surface area contributed by atoms with E-state index in [0.29, 0.717) is 23.1 Å². The van der Waals surface area contributed by atoms with Crippen LogP contribution in [0.5, 0.6) is 5.75 Å². The average molecular weight is 451 g/mol. The van der Waals surface area contributed by atoms with E-state index in [1.807, 2.05) is 0 Å². The van der Waals surface area contributed by atoms with E-state index in [1.54, 1.807) is 30.3 Å². The van der Waals surface area contributed by atoms with Crippen molar-refractivity contribution < 1.29 is 22.7 Å². The van der Waals surface area contributed by atoms with Gasteiger partial charge in [-0.25, -0.2) is 13.1 Å². The minimum absolute atomic E-state index is 0.0116. The number of amides is 1. The maximum atomic E-state index is 12.8. The topological polar surface area (TPSA) is 93.7 Å². The van der Waals surface area contributed by atoms with E-state index in [2.05, 4.69) is 10.0 Å². The lowest BCUT2D eigenvalue weighted by molar-refractivity contribution is 0.0682. The summed E-state index contributed by atoms with van der Waals surface area (Å²) in [4.78, 5) is 12.9. The number of benzene rings is 2. The fourth-order valence-corrected chi connectivity index (χ4v) is 4.69. The smallest absolute Gasteiger partial charge is 0.255 e. The van der Waals surface area contributed by atoms with Crippen molar-refractivity contribution in [3.05, 3.63) is 53.1 Å². The second-order valence-corrected chi connectivity index (χ2v) is 9.61. The summed E-state index contributed by atoms with van der Waals surface area (Å²) in [5.74, 6) is 0.0186. The molecular formula is C21H23ClN2O5S. The molecule has 9 heteroatoms. The average Bonchev–Trinajstić information content (AvgIpc) is 3.36. The maximum absolute atomic E-state index is 12.8. The molecule has 1 aliphatic heterocycles. The zero-order valence-corrected chi connectivity index (χ0v) is 17.8. The van der Waals surface area contributed by atoms with E-state index in [9.17, 15) is 13.2 Å². The van der Waals surface area contributed by atoms with Crippen molar-refractivity contribution in [3.8, 4) is 5.75 Å². The quantitative estimate of drug-likeness (QED) is 0.641. The van der Waals surface area contributed by atoms with Crippen molar-refractivity contribution in [2.24, 2.45) is 0 Å². The predicted molar refractivity (Wildman–Crippen MR) is 114 cm³/mol. The molecule has 1 heterocycles. The Hall–Kier alpha value is -2.13. The van der Waals surface area contributed by atoms with Gasteiger partial charge in [0.2, 0.25) is 10.0 Å². The first kappa shape index (κ1) is 21.1. The van der Waals surface area contributed by atoms with Crippen LogP contribution >= 0.6 is 11.6 Å². The van der Waals surface area contributed by atoms with Crippen molar-refractivity contribution >= 4 is 33.2 Å². The van der Waals surface area contributed by atoms with Gasteiger partial charge in [-0.3, -0.25) is 4.79 Å². The molecule has 0 radical (unpaired) electrons. The number of carbonyl (C=O) groups excluding carboxylic acids is 1. The monoisotopic (exact) mass is 450 g/mol. The number of halogens is 1.